The number of aromatic nitrogens is 5. The van der Waals surface area contributed by atoms with E-state index < -0.39 is 10.0 Å². The number of benzene rings is 1. The molecule has 212 valence electrons. The van der Waals surface area contributed by atoms with Gasteiger partial charge in [-0.25, -0.2) is 28.4 Å². The van der Waals surface area contributed by atoms with Gasteiger partial charge in [-0.1, -0.05) is 23.7 Å². The molecule has 1 saturated carbocycles. The Balaban J connectivity index is 1.67. The highest BCUT2D eigenvalue weighted by molar-refractivity contribution is 7.92. The van der Waals surface area contributed by atoms with E-state index in [4.69, 9.17) is 25.8 Å². The molecule has 0 aliphatic heterocycles. The Labute approximate surface area is 236 Å². The van der Waals surface area contributed by atoms with Crippen molar-refractivity contribution in [3.05, 3.63) is 41.6 Å². The van der Waals surface area contributed by atoms with Crippen molar-refractivity contribution in [2.45, 2.75) is 19.8 Å². The molecule has 1 aromatic carbocycles. The number of rotatable bonds is 11. The van der Waals surface area contributed by atoms with Gasteiger partial charge in [0.25, 0.3) is 0 Å². The lowest BCUT2D eigenvalue weighted by molar-refractivity contribution is 0.118. The van der Waals surface area contributed by atoms with Gasteiger partial charge in [-0.2, -0.15) is 0 Å². The summed E-state index contributed by atoms with van der Waals surface area (Å²) in [4.78, 5) is 18.2. The maximum Gasteiger partial charge on any atom is 0.234 e. The number of nitrogens with zero attached hydrogens (tertiary/aromatic N) is 5. The van der Waals surface area contributed by atoms with Crippen LogP contribution in [0.15, 0.2) is 36.4 Å². The van der Waals surface area contributed by atoms with Crippen LogP contribution in [0, 0.1) is 11.8 Å². The van der Waals surface area contributed by atoms with E-state index in [0.29, 0.717) is 54.0 Å². The van der Waals surface area contributed by atoms with Gasteiger partial charge in [-0.15, -0.1) is 0 Å². The number of halogens is 1. The summed E-state index contributed by atoms with van der Waals surface area (Å²) in [6, 6.07) is 10.6. The van der Waals surface area contributed by atoms with E-state index in [-0.39, 0.29) is 46.5 Å². The van der Waals surface area contributed by atoms with Crippen molar-refractivity contribution in [3.63, 3.8) is 0 Å². The maximum atomic E-state index is 13.0. The van der Waals surface area contributed by atoms with Crippen molar-refractivity contribution in [1.29, 1.82) is 0 Å². The number of fused-ring (bicyclic) bond motifs is 1. The number of nitrogens with one attached hydrogen (secondary N) is 1. The predicted molar refractivity (Wildman–Crippen MR) is 150 cm³/mol. The van der Waals surface area contributed by atoms with Crippen molar-refractivity contribution in [2.24, 2.45) is 11.8 Å². The largest absolute Gasteiger partial charge is 0.494 e. The van der Waals surface area contributed by atoms with Crippen LogP contribution in [0.1, 0.15) is 19.8 Å². The summed E-state index contributed by atoms with van der Waals surface area (Å²) in [5.74, 6) is 1.47. The van der Waals surface area contributed by atoms with Gasteiger partial charge in [0.1, 0.15) is 22.9 Å². The molecule has 0 amide bonds. The highest BCUT2D eigenvalue weighted by Crippen LogP contribution is 2.39. The molecule has 0 unspecified atom stereocenters. The molecule has 0 radical (unpaired) electrons. The molecule has 0 saturated heterocycles. The second kappa shape index (κ2) is 11.4. The Morgan fingerprint density at radius 3 is 2.38 bits per heavy atom. The van der Waals surface area contributed by atoms with Crippen LogP contribution in [0.5, 0.6) is 17.4 Å². The van der Waals surface area contributed by atoms with E-state index in [1.54, 1.807) is 41.0 Å². The number of para-hydroxylation sites is 1. The quantitative estimate of drug-likeness (QED) is 0.265. The molecule has 1 aliphatic carbocycles. The van der Waals surface area contributed by atoms with Crippen LogP contribution >= 0.6 is 11.6 Å². The molecule has 5 rings (SSSR count). The van der Waals surface area contributed by atoms with Crippen LogP contribution in [-0.4, -0.2) is 71.2 Å². The fourth-order valence-electron chi connectivity index (χ4n) is 4.80. The Kier molecular flexibility index (Phi) is 7.97. The second-order valence-electron chi connectivity index (χ2n) is 9.36. The van der Waals surface area contributed by atoms with Gasteiger partial charge >= 0.3 is 0 Å². The highest BCUT2D eigenvalue weighted by Gasteiger charge is 2.33. The number of imidazole rings is 1. The van der Waals surface area contributed by atoms with Crippen LogP contribution in [0.4, 0.5) is 5.82 Å². The number of sulfonamides is 1. The minimum atomic E-state index is -3.80. The number of aliphatic hydroxyl groups excluding tert-OH is 1. The first-order valence-electron chi connectivity index (χ1n) is 12.7. The zero-order valence-electron chi connectivity index (χ0n) is 22.2. The molecule has 4 aromatic rings. The Hall–Kier alpha value is -3.68. The normalized spacial score (nSPS) is 16.9. The molecule has 12 nitrogen and oxygen atoms in total. The maximum absolute atomic E-state index is 13.0. The van der Waals surface area contributed by atoms with Crippen molar-refractivity contribution >= 4 is 38.7 Å². The number of hydrogen-bond donors (Lipinski definition) is 2. The number of ether oxygens (including phenoxy) is 3. The number of anilines is 1. The minimum absolute atomic E-state index is 0.0521. The van der Waals surface area contributed by atoms with Gasteiger partial charge in [0, 0.05) is 12.7 Å². The highest BCUT2D eigenvalue weighted by atomic mass is 35.5. The van der Waals surface area contributed by atoms with E-state index in [1.165, 1.54) is 14.2 Å². The number of aliphatic hydroxyl groups is 1. The third-order valence-electron chi connectivity index (χ3n) is 6.62. The summed E-state index contributed by atoms with van der Waals surface area (Å²) in [5, 5.41) is 9.10. The summed E-state index contributed by atoms with van der Waals surface area (Å²) in [5.41, 5.74) is 1.26. The van der Waals surface area contributed by atoms with Gasteiger partial charge in [0.2, 0.25) is 15.9 Å². The Bertz CT molecular complexity index is 1620. The van der Waals surface area contributed by atoms with Crippen molar-refractivity contribution < 1.29 is 27.7 Å². The third-order valence-corrected chi connectivity index (χ3v) is 8.30. The standard InChI is InChI=1S/C26H29ClN6O6S/c1-4-39-20-10-5-7-17(28-20)25-31-24-26(33(25)21-18(37-2)8-6-9-19(21)38-3)30-23(22(27)29-24)32-40(35,36)14-16-11-15(12-16)13-34/h5-10,15-16,34H,4,11-14H2,1-3H3,(H,30,32)/t15-,16-. The zero-order valence-corrected chi connectivity index (χ0v) is 23.7. The van der Waals surface area contributed by atoms with Gasteiger partial charge in [-0.05, 0) is 49.8 Å². The van der Waals surface area contributed by atoms with Crippen LogP contribution in [-0.2, 0) is 10.0 Å². The SMILES string of the molecule is CCOc1cccc(-c2nc3nc(Cl)c(NS(=O)(=O)C[C@H]4C[C@H](CO)C4)nc3n2-c2c(OC)cccc2OC)n1. The van der Waals surface area contributed by atoms with Crippen molar-refractivity contribution in [3.8, 4) is 34.6 Å². The molecule has 1 fully saturated rings. The van der Waals surface area contributed by atoms with Gasteiger partial charge in [0.15, 0.2) is 28.1 Å². The predicted octanol–water partition coefficient (Wildman–Crippen LogP) is 3.71. The van der Waals surface area contributed by atoms with E-state index in [0.717, 1.165) is 0 Å². The molecule has 0 spiro atoms. The first kappa shape index (κ1) is 27.9. The summed E-state index contributed by atoms with van der Waals surface area (Å²) in [6.45, 7) is 2.34. The molecule has 3 aromatic heterocycles. The number of pyridine rings is 1. The fourth-order valence-corrected chi connectivity index (χ4v) is 6.44. The lowest BCUT2D eigenvalue weighted by Gasteiger charge is -2.33. The van der Waals surface area contributed by atoms with Gasteiger partial charge in [0.05, 0.1) is 26.6 Å². The van der Waals surface area contributed by atoms with Gasteiger partial charge in [-0.3, -0.25) is 9.29 Å². The monoisotopic (exact) mass is 588 g/mol. The van der Waals surface area contributed by atoms with E-state index >= 15 is 0 Å². The minimum Gasteiger partial charge on any atom is -0.494 e. The van der Waals surface area contributed by atoms with E-state index in [9.17, 15) is 13.5 Å². The summed E-state index contributed by atoms with van der Waals surface area (Å²) >= 11 is 6.41. The molecule has 1 aliphatic rings. The number of methoxy groups -OCH3 is 2. The molecular weight excluding hydrogens is 560 g/mol. The van der Waals surface area contributed by atoms with Crippen LogP contribution in [0.2, 0.25) is 5.15 Å². The third kappa shape index (κ3) is 5.49. The Morgan fingerprint density at radius 2 is 1.73 bits per heavy atom. The van der Waals surface area contributed by atoms with Crippen LogP contribution in [0.25, 0.3) is 28.5 Å². The molecule has 0 bridgehead atoms. The zero-order chi connectivity index (χ0) is 28.4. The first-order chi connectivity index (χ1) is 19.3. The lowest BCUT2D eigenvalue weighted by atomic mass is 9.77. The average Bonchev–Trinajstić information content (AvgIpc) is 3.27. The van der Waals surface area contributed by atoms with Gasteiger partial charge < -0.3 is 19.3 Å². The molecule has 0 atom stereocenters. The second-order valence-corrected chi connectivity index (χ2v) is 11.5. The molecule has 2 N–H and O–H groups in total. The first-order valence-corrected chi connectivity index (χ1v) is 14.7. The lowest BCUT2D eigenvalue weighted by Crippen LogP contribution is -2.34. The molecular formula is C26H29ClN6O6S. The van der Waals surface area contributed by atoms with Crippen molar-refractivity contribution in [1.82, 2.24) is 24.5 Å². The molecule has 40 heavy (non-hydrogen) atoms. The summed E-state index contributed by atoms with van der Waals surface area (Å²) in [6.07, 6.45) is 1.29. The van der Waals surface area contributed by atoms with E-state index in [1.807, 2.05) is 6.92 Å². The topological polar surface area (TPSA) is 151 Å². The molecule has 3 heterocycles. The Morgan fingerprint density at radius 1 is 1.02 bits per heavy atom. The fraction of sp³-hybridized carbons (Fsp3) is 0.385. The average molecular weight is 589 g/mol. The van der Waals surface area contributed by atoms with E-state index in [2.05, 4.69) is 24.7 Å². The van der Waals surface area contributed by atoms with Crippen LogP contribution < -0.4 is 18.9 Å². The number of hydrogen-bond acceptors (Lipinski definition) is 10. The summed E-state index contributed by atoms with van der Waals surface area (Å²) < 4.78 is 47.0. The van der Waals surface area contributed by atoms with Crippen molar-refractivity contribution in [2.75, 3.05) is 37.9 Å². The molecule has 14 heteroatoms. The smallest absolute Gasteiger partial charge is 0.234 e. The van der Waals surface area contributed by atoms with Crippen LogP contribution in [0.3, 0.4) is 0 Å². The summed E-state index contributed by atoms with van der Waals surface area (Å²) in [7, 11) is -0.759.